The molecule has 0 heterocycles. The Hall–Kier alpha value is -2.55. The van der Waals surface area contributed by atoms with Gasteiger partial charge in [0.2, 0.25) is 0 Å². The molecule has 1 spiro atoms. The number of unbranched alkanes of at least 4 members (excludes halogenated alkanes) is 2. The van der Waals surface area contributed by atoms with E-state index >= 15 is 0 Å². The molecule has 3 saturated carbocycles. The van der Waals surface area contributed by atoms with Crippen molar-refractivity contribution in [3.05, 3.63) is 105 Å². The van der Waals surface area contributed by atoms with Crippen molar-refractivity contribution in [3.63, 3.8) is 0 Å². The second-order valence-electron chi connectivity index (χ2n) is 18.2. The van der Waals surface area contributed by atoms with Gasteiger partial charge in [0.15, 0.2) is 0 Å². The molecule has 0 unspecified atom stereocenters. The Bertz CT molecular complexity index is 1540. The van der Waals surface area contributed by atoms with E-state index in [-0.39, 0.29) is 23.5 Å². The van der Waals surface area contributed by atoms with Gasteiger partial charge in [-0.2, -0.15) is 0 Å². The van der Waals surface area contributed by atoms with Gasteiger partial charge in [-0.1, -0.05) is 111 Å². The van der Waals surface area contributed by atoms with Gasteiger partial charge in [0, 0.05) is 0 Å². The van der Waals surface area contributed by atoms with Crippen molar-refractivity contribution >= 4 is 0 Å². The highest BCUT2D eigenvalue weighted by Crippen LogP contribution is 2.58. The van der Waals surface area contributed by atoms with E-state index in [4.69, 9.17) is 0 Å². The molecular formula is C50H73F3. The highest BCUT2D eigenvalue weighted by Gasteiger charge is 2.44. The van der Waals surface area contributed by atoms with Crippen LogP contribution in [0.2, 0.25) is 0 Å². The lowest BCUT2D eigenvalue weighted by molar-refractivity contribution is 0.119. The number of hydrogen-bond donors (Lipinski definition) is 0. The summed E-state index contributed by atoms with van der Waals surface area (Å²) in [5.74, 6) is 1.94. The third-order valence-corrected chi connectivity index (χ3v) is 12.8. The highest BCUT2D eigenvalue weighted by atomic mass is 19.1. The molecule has 3 fully saturated rings. The zero-order valence-electron chi connectivity index (χ0n) is 35.0. The molecule has 3 aliphatic carbocycles. The number of alkyl halides is 1. The first-order chi connectivity index (χ1) is 25.2. The third kappa shape index (κ3) is 12.7. The quantitative estimate of drug-likeness (QED) is 0.184. The summed E-state index contributed by atoms with van der Waals surface area (Å²) in [4.78, 5) is 0. The molecule has 294 valence electrons. The van der Waals surface area contributed by atoms with Crippen LogP contribution in [0.4, 0.5) is 13.2 Å². The van der Waals surface area contributed by atoms with Gasteiger partial charge in [0.05, 0.1) is 0 Å². The molecular weight excluding hydrogens is 658 g/mol. The van der Waals surface area contributed by atoms with Gasteiger partial charge in [0.25, 0.3) is 0 Å². The number of aryl methyl sites for hydroxylation is 2. The second-order valence-corrected chi connectivity index (χ2v) is 18.2. The molecule has 0 nitrogen and oxygen atoms in total. The molecule has 0 aliphatic heterocycles. The van der Waals surface area contributed by atoms with Crippen molar-refractivity contribution in [3.8, 4) is 0 Å². The molecule has 53 heavy (non-hydrogen) atoms. The van der Waals surface area contributed by atoms with Crippen molar-refractivity contribution in [2.24, 2.45) is 5.41 Å². The summed E-state index contributed by atoms with van der Waals surface area (Å²) in [6, 6.07) is 18.6. The first kappa shape index (κ1) is 43.2. The maximum atomic E-state index is 14.1. The normalized spacial score (nSPS) is 21.0. The molecule has 0 amide bonds. The van der Waals surface area contributed by atoms with Crippen molar-refractivity contribution in [2.75, 3.05) is 0 Å². The number of benzene rings is 3. The van der Waals surface area contributed by atoms with Crippen LogP contribution in [0.15, 0.2) is 54.6 Å². The first-order valence-electron chi connectivity index (χ1n) is 21.6. The van der Waals surface area contributed by atoms with E-state index in [1.807, 2.05) is 18.2 Å². The molecule has 0 radical (unpaired) electrons. The Balaban J connectivity index is 0.000000178. The van der Waals surface area contributed by atoms with Crippen molar-refractivity contribution in [1.29, 1.82) is 0 Å². The zero-order chi connectivity index (χ0) is 38.8. The van der Waals surface area contributed by atoms with E-state index in [1.165, 1.54) is 88.2 Å². The average molecular weight is 731 g/mol. The van der Waals surface area contributed by atoms with Crippen molar-refractivity contribution in [1.82, 2.24) is 0 Å². The Morgan fingerprint density at radius 3 is 1.64 bits per heavy atom. The summed E-state index contributed by atoms with van der Waals surface area (Å²) in [6.07, 6.45) is 18.5. The second kappa shape index (κ2) is 19.9. The minimum Gasteiger partial charge on any atom is -0.244 e. The van der Waals surface area contributed by atoms with E-state index in [1.54, 1.807) is 30.2 Å². The van der Waals surface area contributed by atoms with Gasteiger partial charge >= 0.3 is 0 Å². The van der Waals surface area contributed by atoms with Crippen LogP contribution < -0.4 is 0 Å². The minimum atomic E-state index is -1.05. The fourth-order valence-corrected chi connectivity index (χ4v) is 8.49. The van der Waals surface area contributed by atoms with Crippen LogP contribution in [0.5, 0.6) is 0 Å². The number of halogens is 3. The Kier molecular flexibility index (Phi) is 16.2. The molecule has 3 aliphatic rings. The maximum absolute atomic E-state index is 14.1. The average Bonchev–Trinajstić information content (AvgIpc) is 3.89. The molecule has 0 aromatic heterocycles. The first-order valence-corrected chi connectivity index (χ1v) is 21.6. The molecule has 3 aromatic carbocycles. The SMILES string of the molecule is CC(C)c1ccc(C2CCC(C)(F)CC2)c(F)c1.CC(C)c1ccc(C2CCC3(CC2)CC3)cc1F.CCCCc1ccc(C(C)C)cc1CCCC. The number of rotatable bonds is 11. The summed E-state index contributed by atoms with van der Waals surface area (Å²) in [5.41, 5.74) is 8.25. The standard InChI is InChI=1S/C17H23F.C17H28.C16H22F2/c1-12(2)15-4-3-14(11-16(15)18)13-5-7-17(8-6-13)9-10-17;1-5-7-9-15-11-12-16(14(3)4)13-17(15)10-8-6-2;1-11(2)13-4-5-14(15(17)10-13)12-6-8-16(3,18)9-7-12/h3-4,11-13H,5-10H2,1-2H3;11-14H,5-10H2,1-4H3;4-5,10-12H,6-9H2,1-3H3. The van der Waals surface area contributed by atoms with E-state index in [0.29, 0.717) is 30.6 Å². The lowest BCUT2D eigenvalue weighted by atomic mass is 9.76. The van der Waals surface area contributed by atoms with Crippen LogP contribution in [0.1, 0.15) is 221 Å². The van der Waals surface area contributed by atoms with Crippen LogP contribution >= 0.6 is 0 Å². The summed E-state index contributed by atoms with van der Waals surface area (Å²) in [7, 11) is 0. The van der Waals surface area contributed by atoms with Gasteiger partial charge in [0.1, 0.15) is 17.3 Å². The van der Waals surface area contributed by atoms with Crippen LogP contribution in [-0.4, -0.2) is 5.67 Å². The smallest absolute Gasteiger partial charge is 0.126 e. The van der Waals surface area contributed by atoms with E-state index in [0.717, 1.165) is 34.9 Å². The van der Waals surface area contributed by atoms with Crippen LogP contribution in [0, 0.1) is 17.0 Å². The molecule has 0 saturated heterocycles. The maximum Gasteiger partial charge on any atom is 0.126 e. The topological polar surface area (TPSA) is 0 Å². The lowest BCUT2D eigenvalue weighted by Gasteiger charge is -2.31. The van der Waals surface area contributed by atoms with Gasteiger partial charge in [-0.15, -0.1) is 0 Å². The Morgan fingerprint density at radius 2 is 1.13 bits per heavy atom. The molecule has 6 rings (SSSR count). The van der Waals surface area contributed by atoms with Crippen LogP contribution in [0.25, 0.3) is 0 Å². The van der Waals surface area contributed by atoms with E-state index < -0.39 is 5.67 Å². The Labute approximate surface area is 323 Å². The van der Waals surface area contributed by atoms with E-state index in [2.05, 4.69) is 79.7 Å². The fourth-order valence-electron chi connectivity index (χ4n) is 8.49. The predicted octanol–water partition coefficient (Wildman–Crippen LogP) is 16.2. The third-order valence-electron chi connectivity index (χ3n) is 12.8. The van der Waals surface area contributed by atoms with Crippen molar-refractivity contribution < 1.29 is 13.2 Å². The van der Waals surface area contributed by atoms with Gasteiger partial charge in [-0.3, -0.25) is 0 Å². The molecule has 3 aromatic rings. The number of hydrogen-bond acceptors (Lipinski definition) is 0. The molecule has 3 heteroatoms. The summed E-state index contributed by atoms with van der Waals surface area (Å²) in [6.45, 7) is 19.0. The minimum absolute atomic E-state index is 0.00536. The summed E-state index contributed by atoms with van der Waals surface area (Å²) < 4.78 is 41.9. The monoisotopic (exact) mass is 731 g/mol. The van der Waals surface area contributed by atoms with Crippen molar-refractivity contribution in [2.45, 2.75) is 200 Å². The van der Waals surface area contributed by atoms with E-state index in [9.17, 15) is 13.2 Å². The van der Waals surface area contributed by atoms with Gasteiger partial charge < -0.3 is 0 Å². The van der Waals surface area contributed by atoms with Crippen LogP contribution in [0.3, 0.4) is 0 Å². The summed E-state index contributed by atoms with van der Waals surface area (Å²) >= 11 is 0. The predicted molar refractivity (Wildman–Crippen MR) is 222 cm³/mol. The van der Waals surface area contributed by atoms with Crippen LogP contribution in [-0.2, 0) is 12.8 Å². The lowest BCUT2D eigenvalue weighted by Crippen LogP contribution is -2.25. The zero-order valence-corrected chi connectivity index (χ0v) is 35.0. The fraction of sp³-hybridized carbons (Fsp3) is 0.640. The van der Waals surface area contributed by atoms with Gasteiger partial charge in [-0.05, 0) is 183 Å². The summed E-state index contributed by atoms with van der Waals surface area (Å²) in [5, 5.41) is 0. The van der Waals surface area contributed by atoms with Gasteiger partial charge in [-0.25, -0.2) is 13.2 Å². The Morgan fingerprint density at radius 1 is 0.585 bits per heavy atom. The molecule has 0 atom stereocenters. The molecule has 0 bridgehead atoms. The highest BCUT2D eigenvalue weighted by molar-refractivity contribution is 5.34. The largest absolute Gasteiger partial charge is 0.244 e. The molecule has 0 N–H and O–H groups in total.